The van der Waals surface area contributed by atoms with Gasteiger partial charge in [0.15, 0.2) is 0 Å². The summed E-state index contributed by atoms with van der Waals surface area (Å²) in [4.78, 5) is 15.4. The summed E-state index contributed by atoms with van der Waals surface area (Å²) in [5.41, 5.74) is 0. The minimum atomic E-state index is 0.0437. The molecule has 0 aliphatic carbocycles. The number of piperidine rings is 3. The van der Waals surface area contributed by atoms with Crippen LogP contribution in [-0.4, -0.2) is 36.5 Å². The van der Waals surface area contributed by atoms with Crippen LogP contribution in [0.5, 0.6) is 0 Å². The molecular formula is C14H18N2OS. The Morgan fingerprint density at radius 3 is 2.89 bits per heavy atom. The summed E-state index contributed by atoms with van der Waals surface area (Å²) in [5.74, 6) is 0.733. The largest absolute Gasteiger partial charge is 0.348 e. The zero-order valence-electron chi connectivity index (χ0n) is 10.3. The Hall–Kier alpha value is -1.13. The van der Waals surface area contributed by atoms with Gasteiger partial charge >= 0.3 is 0 Å². The number of fused-ring (bicyclic) bond motifs is 3. The molecule has 2 bridgehead atoms. The van der Waals surface area contributed by atoms with Crippen molar-refractivity contribution >= 4 is 23.3 Å². The second-order valence-corrected chi connectivity index (χ2v) is 6.08. The van der Waals surface area contributed by atoms with E-state index in [0.717, 1.165) is 11.4 Å². The van der Waals surface area contributed by atoms with Crippen LogP contribution in [0, 0.1) is 5.92 Å². The number of thiophene rings is 1. The molecule has 3 aliphatic heterocycles. The van der Waals surface area contributed by atoms with Crippen molar-refractivity contribution in [3.05, 3.63) is 28.5 Å². The standard InChI is InChI=1S/C14H18N2OS/c17-14(4-3-12-2-1-9-18-12)15-13-10-16-7-5-11(13)6-8-16/h1-4,9,11,13H,5-8,10H2,(H,15,17). The van der Waals surface area contributed by atoms with Crippen LogP contribution in [0.1, 0.15) is 17.7 Å². The molecule has 0 spiro atoms. The van der Waals surface area contributed by atoms with E-state index in [2.05, 4.69) is 10.2 Å². The Bertz CT molecular complexity index is 433. The van der Waals surface area contributed by atoms with Crippen LogP contribution in [-0.2, 0) is 4.79 Å². The van der Waals surface area contributed by atoms with Crippen molar-refractivity contribution in [1.29, 1.82) is 0 Å². The molecule has 1 amide bonds. The Labute approximate surface area is 111 Å². The Morgan fingerprint density at radius 2 is 2.28 bits per heavy atom. The molecule has 4 heterocycles. The van der Waals surface area contributed by atoms with Crippen LogP contribution in [0.2, 0.25) is 0 Å². The maximum Gasteiger partial charge on any atom is 0.244 e. The van der Waals surface area contributed by atoms with Gasteiger partial charge in [0, 0.05) is 23.5 Å². The van der Waals surface area contributed by atoms with Gasteiger partial charge in [-0.15, -0.1) is 11.3 Å². The number of rotatable bonds is 3. The Balaban J connectivity index is 1.55. The molecule has 3 aliphatic rings. The second kappa shape index (κ2) is 5.24. The van der Waals surface area contributed by atoms with Gasteiger partial charge in [0.05, 0.1) is 0 Å². The molecule has 0 radical (unpaired) electrons. The summed E-state index contributed by atoms with van der Waals surface area (Å²) in [6.45, 7) is 3.45. The first-order valence-electron chi connectivity index (χ1n) is 6.56. The van der Waals surface area contributed by atoms with Gasteiger partial charge in [0.1, 0.15) is 0 Å². The van der Waals surface area contributed by atoms with E-state index in [4.69, 9.17) is 0 Å². The molecule has 1 atom stereocenters. The van der Waals surface area contributed by atoms with Gasteiger partial charge in [0.25, 0.3) is 0 Å². The zero-order chi connectivity index (χ0) is 12.4. The van der Waals surface area contributed by atoms with Crippen LogP contribution in [0.3, 0.4) is 0 Å². The van der Waals surface area contributed by atoms with Gasteiger partial charge in [-0.25, -0.2) is 0 Å². The molecule has 3 fully saturated rings. The minimum Gasteiger partial charge on any atom is -0.348 e. The molecule has 96 valence electrons. The van der Waals surface area contributed by atoms with Crippen LogP contribution in [0.15, 0.2) is 23.6 Å². The molecule has 1 aromatic rings. The first-order valence-corrected chi connectivity index (χ1v) is 7.44. The third-order valence-corrected chi connectivity index (χ3v) is 4.76. The van der Waals surface area contributed by atoms with Crippen LogP contribution < -0.4 is 5.32 Å². The van der Waals surface area contributed by atoms with E-state index in [1.54, 1.807) is 17.4 Å². The van der Waals surface area contributed by atoms with E-state index >= 15 is 0 Å². The SMILES string of the molecule is O=C(C=Cc1cccs1)NC1CN2CCC1CC2. The first kappa shape index (κ1) is 11.9. The van der Waals surface area contributed by atoms with Crippen molar-refractivity contribution in [1.82, 2.24) is 10.2 Å². The summed E-state index contributed by atoms with van der Waals surface area (Å²) in [6.07, 6.45) is 6.02. The predicted molar refractivity (Wildman–Crippen MR) is 74.4 cm³/mol. The van der Waals surface area contributed by atoms with Crippen molar-refractivity contribution in [3.8, 4) is 0 Å². The summed E-state index contributed by atoms with van der Waals surface area (Å²) in [7, 11) is 0. The molecular weight excluding hydrogens is 244 g/mol. The first-order chi connectivity index (χ1) is 8.81. The topological polar surface area (TPSA) is 32.3 Å². The summed E-state index contributed by atoms with van der Waals surface area (Å²) in [5, 5.41) is 5.17. The molecule has 4 rings (SSSR count). The van der Waals surface area contributed by atoms with Crippen molar-refractivity contribution in [2.45, 2.75) is 18.9 Å². The van der Waals surface area contributed by atoms with Gasteiger partial charge in [-0.2, -0.15) is 0 Å². The maximum absolute atomic E-state index is 11.9. The molecule has 0 saturated carbocycles. The fourth-order valence-electron chi connectivity index (χ4n) is 2.90. The van der Waals surface area contributed by atoms with Crippen molar-refractivity contribution < 1.29 is 4.79 Å². The molecule has 1 N–H and O–H groups in total. The van der Waals surface area contributed by atoms with Gasteiger partial charge in [-0.05, 0) is 49.4 Å². The van der Waals surface area contributed by atoms with Crippen molar-refractivity contribution in [2.75, 3.05) is 19.6 Å². The molecule has 1 aromatic heterocycles. The number of nitrogens with one attached hydrogen (secondary N) is 1. The Kier molecular flexibility index (Phi) is 3.48. The predicted octanol–water partition coefficient (Wildman–Crippen LogP) is 1.97. The van der Waals surface area contributed by atoms with Crippen LogP contribution in [0.4, 0.5) is 0 Å². The molecule has 3 saturated heterocycles. The number of carbonyl (C=O) groups is 1. The smallest absolute Gasteiger partial charge is 0.244 e. The lowest BCUT2D eigenvalue weighted by molar-refractivity contribution is -0.118. The highest BCUT2D eigenvalue weighted by Crippen LogP contribution is 2.27. The lowest BCUT2D eigenvalue weighted by atomic mass is 9.84. The zero-order valence-corrected chi connectivity index (χ0v) is 11.2. The van der Waals surface area contributed by atoms with E-state index in [-0.39, 0.29) is 5.91 Å². The third kappa shape index (κ3) is 2.65. The van der Waals surface area contributed by atoms with Crippen LogP contribution in [0.25, 0.3) is 6.08 Å². The lowest BCUT2D eigenvalue weighted by Gasteiger charge is -2.44. The van der Waals surface area contributed by atoms with Gasteiger partial charge in [-0.1, -0.05) is 6.07 Å². The average molecular weight is 262 g/mol. The number of carbonyl (C=O) groups excluding carboxylic acids is 1. The highest BCUT2D eigenvalue weighted by atomic mass is 32.1. The fraction of sp³-hybridized carbons (Fsp3) is 0.500. The number of hydrogen-bond acceptors (Lipinski definition) is 3. The quantitative estimate of drug-likeness (QED) is 0.845. The number of hydrogen-bond donors (Lipinski definition) is 1. The summed E-state index contributed by atoms with van der Waals surface area (Å²) in [6, 6.07) is 4.37. The molecule has 18 heavy (non-hydrogen) atoms. The Morgan fingerprint density at radius 1 is 1.44 bits per heavy atom. The summed E-state index contributed by atoms with van der Waals surface area (Å²) >= 11 is 1.65. The monoisotopic (exact) mass is 262 g/mol. The van der Waals surface area contributed by atoms with E-state index in [0.29, 0.717) is 12.0 Å². The van der Waals surface area contributed by atoms with Crippen molar-refractivity contribution in [2.24, 2.45) is 5.92 Å². The molecule has 3 nitrogen and oxygen atoms in total. The molecule has 1 unspecified atom stereocenters. The van der Waals surface area contributed by atoms with E-state index in [9.17, 15) is 4.79 Å². The second-order valence-electron chi connectivity index (χ2n) is 5.10. The van der Waals surface area contributed by atoms with Gasteiger partial charge in [-0.3, -0.25) is 4.79 Å². The normalized spacial score (nSPS) is 30.8. The van der Waals surface area contributed by atoms with E-state index in [1.807, 2.05) is 23.6 Å². The third-order valence-electron chi connectivity index (χ3n) is 3.93. The number of nitrogens with zero attached hydrogens (tertiary/aromatic N) is 1. The van der Waals surface area contributed by atoms with Crippen LogP contribution >= 0.6 is 11.3 Å². The highest BCUT2D eigenvalue weighted by Gasteiger charge is 2.34. The van der Waals surface area contributed by atoms with Gasteiger partial charge < -0.3 is 10.2 Å². The maximum atomic E-state index is 11.9. The van der Waals surface area contributed by atoms with Gasteiger partial charge in [0.2, 0.25) is 5.91 Å². The molecule has 4 heteroatoms. The summed E-state index contributed by atoms with van der Waals surface area (Å²) < 4.78 is 0. The van der Waals surface area contributed by atoms with E-state index < -0.39 is 0 Å². The molecule has 0 aromatic carbocycles. The van der Waals surface area contributed by atoms with E-state index in [1.165, 1.54) is 25.9 Å². The lowest BCUT2D eigenvalue weighted by Crippen LogP contribution is -2.57. The average Bonchev–Trinajstić information content (AvgIpc) is 2.91. The number of amides is 1. The van der Waals surface area contributed by atoms with Crippen molar-refractivity contribution in [3.63, 3.8) is 0 Å². The minimum absolute atomic E-state index is 0.0437. The highest BCUT2D eigenvalue weighted by molar-refractivity contribution is 7.10. The fourth-order valence-corrected chi connectivity index (χ4v) is 3.52.